The molecule has 6 heteroatoms. The Kier molecular flexibility index (Phi) is 3.87. The highest BCUT2D eigenvalue weighted by Crippen LogP contribution is 2.21. The Hall–Kier alpha value is -1.43. The summed E-state index contributed by atoms with van der Waals surface area (Å²) in [6.45, 7) is 7.03. The van der Waals surface area contributed by atoms with Gasteiger partial charge in [0, 0.05) is 0 Å². The topological polar surface area (TPSA) is 79.3 Å². The second kappa shape index (κ2) is 4.83. The van der Waals surface area contributed by atoms with Gasteiger partial charge < -0.3 is 10.4 Å². The van der Waals surface area contributed by atoms with Gasteiger partial charge in [0.1, 0.15) is 10.9 Å². The van der Waals surface area contributed by atoms with Crippen LogP contribution < -0.4 is 5.32 Å². The average molecular weight is 256 g/mol. The first kappa shape index (κ1) is 13.6. The minimum absolute atomic E-state index is 0.382. The van der Waals surface area contributed by atoms with Crippen LogP contribution >= 0.6 is 11.3 Å². The highest BCUT2D eigenvalue weighted by atomic mass is 32.1. The van der Waals surface area contributed by atoms with Crippen LogP contribution in [0, 0.1) is 12.3 Å². The zero-order valence-electron chi connectivity index (χ0n) is 10.3. The lowest BCUT2D eigenvalue weighted by Gasteiger charge is -2.27. The number of rotatable bonds is 3. The molecule has 0 radical (unpaired) electrons. The van der Waals surface area contributed by atoms with E-state index in [2.05, 4.69) is 10.3 Å². The summed E-state index contributed by atoms with van der Waals surface area (Å²) in [6, 6.07) is -0.920. The van der Waals surface area contributed by atoms with Crippen LogP contribution in [0.3, 0.4) is 0 Å². The third kappa shape index (κ3) is 3.26. The summed E-state index contributed by atoms with van der Waals surface area (Å²) in [7, 11) is 0. The second-order valence-corrected chi connectivity index (χ2v) is 5.73. The smallest absolute Gasteiger partial charge is 0.326 e. The zero-order chi connectivity index (χ0) is 13.2. The summed E-state index contributed by atoms with van der Waals surface area (Å²) in [4.78, 5) is 27.4. The minimum atomic E-state index is -1.03. The number of carbonyl (C=O) groups is 2. The summed E-state index contributed by atoms with van der Waals surface area (Å²) in [5, 5.41) is 11.6. The van der Waals surface area contributed by atoms with Crippen LogP contribution in [-0.2, 0) is 4.79 Å². The number of hydrogen-bond acceptors (Lipinski definition) is 4. The van der Waals surface area contributed by atoms with Crippen molar-refractivity contribution < 1.29 is 14.7 Å². The number of nitrogens with zero attached hydrogens (tertiary/aromatic N) is 1. The summed E-state index contributed by atoms with van der Waals surface area (Å²) in [5.41, 5.74) is 1.64. The van der Waals surface area contributed by atoms with Gasteiger partial charge >= 0.3 is 5.97 Å². The van der Waals surface area contributed by atoms with Crippen molar-refractivity contribution in [1.29, 1.82) is 0 Å². The molecule has 0 aliphatic heterocycles. The Morgan fingerprint density at radius 1 is 1.47 bits per heavy atom. The standard InChI is InChI=1S/C11H16N2O3S/c1-6-7(17-5-12-6)9(14)13-8(10(15)16)11(2,3)4/h5,8H,1-4H3,(H,13,14)(H,15,16)/t8-/m0/s1. The summed E-state index contributed by atoms with van der Waals surface area (Å²) in [5.74, 6) is -1.42. The van der Waals surface area contributed by atoms with Crippen LogP contribution in [0.15, 0.2) is 5.51 Å². The number of hydrogen-bond donors (Lipinski definition) is 2. The number of thiazole rings is 1. The fourth-order valence-corrected chi connectivity index (χ4v) is 2.07. The van der Waals surface area contributed by atoms with Crippen molar-refractivity contribution in [2.45, 2.75) is 33.7 Å². The maximum Gasteiger partial charge on any atom is 0.326 e. The Morgan fingerprint density at radius 2 is 2.06 bits per heavy atom. The number of carboxylic acids is 1. The van der Waals surface area contributed by atoms with E-state index in [1.54, 1.807) is 33.2 Å². The van der Waals surface area contributed by atoms with Gasteiger partial charge in [-0.15, -0.1) is 11.3 Å². The van der Waals surface area contributed by atoms with Crippen molar-refractivity contribution in [3.05, 3.63) is 16.1 Å². The van der Waals surface area contributed by atoms with E-state index in [1.807, 2.05) is 0 Å². The largest absolute Gasteiger partial charge is 0.480 e. The van der Waals surface area contributed by atoms with E-state index in [4.69, 9.17) is 5.11 Å². The van der Waals surface area contributed by atoms with Crippen molar-refractivity contribution in [3.63, 3.8) is 0 Å². The molecule has 17 heavy (non-hydrogen) atoms. The fourth-order valence-electron chi connectivity index (χ4n) is 1.37. The molecular formula is C11H16N2O3S. The van der Waals surface area contributed by atoms with Gasteiger partial charge in [0.05, 0.1) is 11.2 Å². The maximum absolute atomic E-state index is 11.9. The molecule has 1 amide bonds. The molecule has 1 rings (SSSR count). The first-order chi connectivity index (χ1) is 7.73. The van der Waals surface area contributed by atoms with E-state index in [0.717, 1.165) is 0 Å². The number of aromatic nitrogens is 1. The SMILES string of the molecule is Cc1ncsc1C(=O)N[C@@H](C(=O)O)C(C)(C)C. The van der Waals surface area contributed by atoms with Gasteiger partial charge in [0.25, 0.3) is 5.91 Å². The van der Waals surface area contributed by atoms with Crippen LogP contribution in [0.25, 0.3) is 0 Å². The molecule has 0 aromatic carbocycles. The molecule has 2 N–H and O–H groups in total. The van der Waals surface area contributed by atoms with Crippen molar-refractivity contribution in [3.8, 4) is 0 Å². The third-order valence-electron chi connectivity index (χ3n) is 2.34. The van der Waals surface area contributed by atoms with Crippen molar-refractivity contribution >= 4 is 23.2 Å². The van der Waals surface area contributed by atoms with Gasteiger partial charge in [-0.2, -0.15) is 0 Å². The van der Waals surface area contributed by atoms with Gasteiger partial charge in [0.15, 0.2) is 0 Å². The molecular weight excluding hydrogens is 240 g/mol. The lowest BCUT2D eigenvalue weighted by Crippen LogP contribution is -2.49. The van der Waals surface area contributed by atoms with Gasteiger partial charge in [0.2, 0.25) is 0 Å². The third-order valence-corrected chi connectivity index (χ3v) is 3.27. The molecule has 0 unspecified atom stereocenters. The molecule has 1 aromatic heterocycles. The number of amides is 1. The molecule has 94 valence electrons. The van der Waals surface area contributed by atoms with E-state index in [1.165, 1.54) is 11.3 Å². The van der Waals surface area contributed by atoms with Gasteiger partial charge in [-0.1, -0.05) is 20.8 Å². The lowest BCUT2D eigenvalue weighted by molar-refractivity contribution is -0.142. The molecule has 0 fully saturated rings. The quantitative estimate of drug-likeness (QED) is 0.862. The number of carbonyl (C=O) groups excluding carboxylic acids is 1. The minimum Gasteiger partial charge on any atom is -0.480 e. The Bertz CT molecular complexity index is 434. The van der Waals surface area contributed by atoms with Gasteiger partial charge in [-0.05, 0) is 12.3 Å². The van der Waals surface area contributed by atoms with Crippen LogP contribution in [0.1, 0.15) is 36.1 Å². The summed E-state index contributed by atoms with van der Waals surface area (Å²) >= 11 is 1.21. The van der Waals surface area contributed by atoms with E-state index in [0.29, 0.717) is 10.6 Å². The number of aryl methyl sites for hydroxylation is 1. The number of carboxylic acid groups (broad SMARTS) is 1. The van der Waals surface area contributed by atoms with Crippen LogP contribution in [0.5, 0.6) is 0 Å². The maximum atomic E-state index is 11.9. The Morgan fingerprint density at radius 3 is 2.41 bits per heavy atom. The molecule has 0 saturated heterocycles. The molecule has 0 aliphatic carbocycles. The molecule has 0 bridgehead atoms. The number of nitrogens with one attached hydrogen (secondary N) is 1. The molecule has 1 atom stereocenters. The monoisotopic (exact) mass is 256 g/mol. The van der Waals surface area contributed by atoms with E-state index < -0.39 is 17.4 Å². The zero-order valence-corrected chi connectivity index (χ0v) is 11.1. The molecule has 5 nitrogen and oxygen atoms in total. The van der Waals surface area contributed by atoms with Crippen LogP contribution in [0.4, 0.5) is 0 Å². The van der Waals surface area contributed by atoms with Crippen LogP contribution in [0.2, 0.25) is 0 Å². The first-order valence-electron chi connectivity index (χ1n) is 5.17. The lowest BCUT2D eigenvalue weighted by atomic mass is 9.87. The summed E-state index contributed by atoms with van der Waals surface area (Å²) < 4.78 is 0. The van der Waals surface area contributed by atoms with E-state index in [-0.39, 0.29) is 5.91 Å². The van der Waals surface area contributed by atoms with Crippen LogP contribution in [-0.4, -0.2) is 28.0 Å². The Balaban J connectivity index is 2.86. The molecule has 1 heterocycles. The Labute approximate surface area is 104 Å². The van der Waals surface area contributed by atoms with Crippen molar-refractivity contribution in [1.82, 2.24) is 10.3 Å². The average Bonchev–Trinajstić information content (AvgIpc) is 2.58. The molecule has 0 spiro atoms. The van der Waals surface area contributed by atoms with Crippen molar-refractivity contribution in [2.75, 3.05) is 0 Å². The summed E-state index contributed by atoms with van der Waals surface area (Å²) in [6.07, 6.45) is 0. The van der Waals surface area contributed by atoms with Gasteiger partial charge in [-0.25, -0.2) is 9.78 Å². The number of aliphatic carboxylic acids is 1. The van der Waals surface area contributed by atoms with E-state index >= 15 is 0 Å². The molecule has 0 saturated carbocycles. The van der Waals surface area contributed by atoms with Crippen molar-refractivity contribution in [2.24, 2.45) is 5.41 Å². The highest BCUT2D eigenvalue weighted by Gasteiger charge is 2.33. The predicted octanol–water partition coefficient (Wildman–Crippen LogP) is 1.68. The van der Waals surface area contributed by atoms with Gasteiger partial charge in [-0.3, -0.25) is 4.79 Å². The fraction of sp³-hybridized carbons (Fsp3) is 0.545. The normalized spacial score (nSPS) is 13.2. The highest BCUT2D eigenvalue weighted by molar-refractivity contribution is 7.11. The predicted molar refractivity (Wildman–Crippen MR) is 65.2 cm³/mol. The molecule has 0 aliphatic rings. The van der Waals surface area contributed by atoms with E-state index in [9.17, 15) is 9.59 Å². The molecule has 1 aromatic rings. The first-order valence-corrected chi connectivity index (χ1v) is 6.05. The second-order valence-electron chi connectivity index (χ2n) is 4.88.